The standard InChI is InChI=1S/C13H11N3O2/c1-13(11(17)15-12(18)16-13)10-4-2-3-8-7-14-6-5-9(8)10/h2-7H,1H3,(H2,15,16,17,18). The van der Waals surface area contributed by atoms with Gasteiger partial charge in [0.2, 0.25) is 0 Å². The van der Waals surface area contributed by atoms with E-state index in [1.165, 1.54) is 0 Å². The number of nitrogens with zero attached hydrogens (tertiary/aromatic N) is 1. The van der Waals surface area contributed by atoms with Crippen molar-refractivity contribution in [1.29, 1.82) is 0 Å². The van der Waals surface area contributed by atoms with Crippen LogP contribution in [0.5, 0.6) is 0 Å². The van der Waals surface area contributed by atoms with E-state index in [1.807, 2.05) is 24.3 Å². The third kappa shape index (κ3) is 1.37. The summed E-state index contributed by atoms with van der Waals surface area (Å²) in [5.41, 5.74) is -0.261. The third-order valence-corrected chi connectivity index (χ3v) is 3.26. The van der Waals surface area contributed by atoms with Crippen molar-refractivity contribution in [3.63, 3.8) is 0 Å². The van der Waals surface area contributed by atoms with Crippen molar-refractivity contribution in [3.05, 3.63) is 42.2 Å². The molecule has 0 bridgehead atoms. The van der Waals surface area contributed by atoms with Crippen LogP contribution in [0.15, 0.2) is 36.7 Å². The second-order valence-corrected chi connectivity index (χ2v) is 4.44. The molecule has 2 N–H and O–H groups in total. The van der Waals surface area contributed by atoms with E-state index in [-0.39, 0.29) is 5.91 Å². The lowest BCUT2D eigenvalue weighted by Crippen LogP contribution is -2.40. The molecule has 1 aromatic carbocycles. The predicted molar refractivity (Wildman–Crippen MR) is 65.8 cm³/mol. The fourth-order valence-electron chi connectivity index (χ4n) is 2.29. The number of hydrogen-bond acceptors (Lipinski definition) is 3. The van der Waals surface area contributed by atoms with E-state index >= 15 is 0 Å². The summed E-state index contributed by atoms with van der Waals surface area (Å²) in [6.07, 6.45) is 3.40. The van der Waals surface area contributed by atoms with Crippen molar-refractivity contribution in [2.45, 2.75) is 12.5 Å². The van der Waals surface area contributed by atoms with Crippen LogP contribution >= 0.6 is 0 Å². The lowest BCUT2D eigenvalue weighted by Gasteiger charge is -2.22. The maximum Gasteiger partial charge on any atom is 0.322 e. The Balaban J connectivity index is 2.26. The molecule has 1 unspecified atom stereocenters. The van der Waals surface area contributed by atoms with Crippen molar-refractivity contribution >= 4 is 22.7 Å². The van der Waals surface area contributed by atoms with Gasteiger partial charge in [-0.2, -0.15) is 0 Å². The fourth-order valence-corrected chi connectivity index (χ4v) is 2.29. The normalized spacial score (nSPS) is 22.9. The van der Waals surface area contributed by atoms with E-state index in [0.29, 0.717) is 0 Å². The molecule has 1 saturated heterocycles. The molecule has 3 rings (SSSR count). The highest BCUT2D eigenvalue weighted by Gasteiger charge is 2.44. The lowest BCUT2D eigenvalue weighted by atomic mass is 9.88. The van der Waals surface area contributed by atoms with Crippen LogP contribution in [-0.4, -0.2) is 16.9 Å². The van der Waals surface area contributed by atoms with Gasteiger partial charge >= 0.3 is 6.03 Å². The Kier molecular flexibility index (Phi) is 2.10. The SMILES string of the molecule is CC1(c2cccc3cnccc23)NC(=O)NC1=O. The second kappa shape index (κ2) is 3.53. The third-order valence-electron chi connectivity index (χ3n) is 3.26. The van der Waals surface area contributed by atoms with E-state index < -0.39 is 11.6 Å². The Bertz CT molecular complexity index is 663. The monoisotopic (exact) mass is 241 g/mol. The van der Waals surface area contributed by atoms with Crippen LogP contribution in [0.3, 0.4) is 0 Å². The minimum absolute atomic E-state index is 0.336. The summed E-state index contributed by atoms with van der Waals surface area (Å²) in [6.45, 7) is 1.70. The van der Waals surface area contributed by atoms with Crippen molar-refractivity contribution in [1.82, 2.24) is 15.6 Å². The topological polar surface area (TPSA) is 71.1 Å². The van der Waals surface area contributed by atoms with Gasteiger partial charge in [-0.15, -0.1) is 0 Å². The molecule has 2 aromatic rings. The second-order valence-electron chi connectivity index (χ2n) is 4.44. The summed E-state index contributed by atoms with van der Waals surface area (Å²) in [5, 5.41) is 6.78. The molecular formula is C13H11N3O2. The van der Waals surface area contributed by atoms with Crippen LogP contribution in [0.4, 0.5) is 4.79 Å². The van der Waals surface area contributed by atoms with E-state index in [4.69, 9.17) is 0 Å². The first-order valence-corrected chi connectivity index (χ1v) is 5.58. The Labute approximate surface area is 103 Å². The molecule has 1 aliphatic heterocycles. The van der Waals surface area contributed by atoms with Gasteiger partial charge < -0.3 is 5.32 Å². The summed E-state index contributed by atoms with van der Waals surface area (Å²) in [4.78, 5) is 27.3. The molecular weight excluding hydrogens is 230 g/mol. The zero-order valence-electron chi connectivity index (χ0n) is 9.73. The number of pyridine rings is 1. The summed E-state index contributed by atoms with van der Waals surface area (Å²) < 4.78 is 0. The zero-order chi connectivity index (χ0) is 12.8. The highest BCUT2D eigenvalue weighted by atomic mass is 16.2. The molecule has 1 atom stereocenters. The molecule has 0 aliphatic carbocycles. The predicted octanol–water partition coefficient (Wildman–Crippen LogP) is 1.29. The molecule has 1 aliphatic rings. The number of urea groups is 1. The minimum Gasteiger partial charge on any atom is -0.320 e. The molecule has 1 fully saturated rings. The number of hydrogen-bond donors (Lipinski definition) is 2. The van der Waals surface area contributed by atoms with Crippen molar-refractivity contribution in [2.24, 2.45) is 0 Å². The van der Waals surface area contributed by atoms with Gasteiger partial charge in [-0.1, -0.05) is 18.2 Å². The van der Waals surface area contributed by atoms with Crippen LogP contribution in [0, 0.1) is 0 Å². The minimum atomic E-state index is -1.03. The summed E-state index contributed by atoms with van der Waals surface area (Å²) in [6, 6.07) is 6.99. The molecule has 3 amide bonds. The first-order chi connectivity index (χ1) is 8.61. The number of rotatable bonds is 1. The molecule has 2 heterocycles. The van der Waals surface area contributed by atoms with Crippen molar-refractivity contribution < 1.29 is 9.59 Å². The summed E-state index contributed by atoms with van der Waals surface area (Å²) in [5.74, 6) is -0.336. The van der Waals surface area contributed by atoms with Gasteiger partial charge in [0.05, 0.1) is 0 Å². The fraction of sp³-hybridized carbons (Fsp3) is 0.154. The van der Waals surface area contributed by atoms with Crippen LogP contribution in [0.2, 0.25) is 0 Å². The van der Waals surface area contributed by atoms with Crippen molar-refractivity contribution in [3.8, 4) is 0 Å². The zero-order valence-corrected chi connectivity index (χ0v) is 9.73. The summed E-state index contributed by atoms with van der Waals surface area (Å²) >= 11 is 0. The highest BCUT2D eigenvalue weighted by molar-refractivity contribution is 6.09. The Morgan fingerprint density at radius 3 is 2.78 bits per heavy atom. The van der Waals surface area contributed by atoms with Gasteiger partial charge in [-0.3, -0.25) is 15.1 Å². The number of carbonyl (C=O) groups is 2. The number of amides is 3. The first kappa shape index (κ1) is 10.7. The van der Waals surface area contributed by atoms with E-state index in [0.717, 1.165) is 16.3 Å². The Morgan fingerprint density at radius 1 is 1.22 bits per heavy atom. The molecule has 1 aromatic heterocycles. The Hall–Kier alpha value is -2.43. The van der Waals surface area contributed by atoms with Gasteiger partial charge in [-0.05, 0) is 23.9 Å². The number of aromatic nitrogens is 1. The van der Waals surface area contributed by atoms with E-state index in [9.17, 15) is 9.59 Å². The first-order valence-electron chi connectivity index (χ1n) is 5.58. The number of nitrogens with one attached hydrogen (secondary N) is 2. The van der Waals surface area contributed by atoms with Crippen LogP contribution < -0.4 is 10.6 Å². The molecule has 0 radical (unpaired) electrons. The number of carbonyl (C=O) groups excluding carboxylic acids is 2. The maximum atomic E-state index is 11.9. The van der Waals surface area contributed by atoms with Crippen LogP contribution in [-0.2, 0) is 10.3 Å². The molecule has 0 spiro atoms. The van der Waals surface area contributed by atoms with Gasteiger partial charge in [0.25, 0.3) is 5.91 Å². The molecule has 0 saturated carbocycles. The van der Waals surface area contributed by atoms with Gasteiger partial charge in [0.1, 0.15) is 5.54 Å². The number of imide groups is 1. The molecule has 5 heteroatoms. The van der Waals surface area contributed by atoms with Gasteiger partial charge in [0.15, 0.2) is 0 Å². The van der Waals surface area contributed by atoms with E-state index in [1.54, 1.807) is 19.3 Å². The Morgan fingerprint density at radius 2 is 2.06 bits per heavy atom. The van der Waals surface area contributed by atoms with Gasteiger partial charge in [0, 0.05) is 17.8 Å². The van der Waals surface area contributed by atoms with E-state index in [2.05, 4.69) is 15.6 Å². The smallest absolute Gasteiger partial charge is 0.320 e. The molecule has 18 heavy (non-hydrogen) atoms. The quantitative estimate of drug-likeness (QED) is 0.739. The van der Waals surface area contributed by atoms with Crippen molar-refractivity contribution in [2.75, 3.05) is 0 Å². The highest BCUT2D eigenvalue weighted by Crippen LogP contribution is 2.30. The summed E-state index contributed by atoms with van der Waals surface area (Å²) in [7, 11) is 0. The largest absolute Gasteiger partial charge is 0.322 e. The van der Waals surface area contributed by atoms with Gasteiger partial charge in [-0.25, -0.2) is 4.79 Å². The number of benzene rings is 1. The maximum absolute atomic E-state index is 11.9. The average molecular weight is 241 g/mol. The lowest BCUT2D eigenvalue weighted by molar-refractivity contribution is -0.123. The molecule has 5 nitrogen and oxygen atoms in total. The number of fused-ring (bicyclic) bond motifs is 1. The average Bonchev–Trinajstić information content (AvgIpc) is 2.63. The molecule has 90 valence electrons. The van der Waals surface area contributed by atoms with Crippen LogP contribution in [0.25, 0.3) is 10.8 Å². The van der Waals surface area contributed by atoms with Crippen LogP contribution in [0.1, 0.15) is 12.5 Å².